The Hall–Kier alpha value is -1.65. The van der Waals surface area contributed by atoms with E-state index in [4.69, 9.17) is 11.6 Å². The average molecular weight is 291 g/mol. The van der Waals surface area contributed by atoms with Gasteiger partial charge in [0.05, 0.1) is 11.1 Å². The third kappa shape index (κ3) is 2.15. The van der Waals surface area contributed by atoms with E-state index in [2.05, 4.69) is 16.8 Å². The van der Waals surface area contributed by atoms with Crippen molar-refractivity contribution in [1.82, 2.24) is 9.88 Å². The van der Waals surface area contributed by atoms with Crippen LogP contribution in [0.1, 0.15) is 28.5 Å². The van der Waals surface area contributed by atoms with Gasteiger partial charge in [-0.05, 0) is 24.7 Å². The Balaban J connectivity index is 2.30. The molecule has 1 aromatic heterocycles. The third-order valence-electron chi connectivity index (χ3n) is 3.84. The van der Waals surface area contributed by atoms with Crippen LogP contribution >= 0.6 is 11.6 Å². The number of likely N-dealkylation sites (N-methyl/N-ethyl adjacent to an activating group) is 1. The highest BCUT2D eigenvalue weighted by Crippen LogP contribution is 2.29. The summed E-state index contributed by atoms with van der Waals surface area (Å²) in [5.74, 6) is -0.908. The molecule has 2 aromatic rings. The lowest BCUT2D eigenvalue weighted by Crippen LogP contribution is -2.32. The summed E-state index contributed by atoms with van der Waals surface area (Å²) in [5, 5.41) is 10.8. The van der Waals surface area contributed by atoms with Gasteiger partial charge < -0.3 is 5.11 Å². The summed E-state index contributed by atoms with van der Waals surface area (Å²) in [4.78, 5) is 18.6. The van der Waals surface area contributed by atoms with Crippen LogP contribution in [-0.4, -0.2) is 34.0 Å². The van der Waals surface area contributed by atoms with Crippen LogP contribution < -0.4 is 0 Å². The molecule has 4 nitrogen and oxygen atoms in total. The number of pyridine rings is 1. The lowest BCUT2D eigenvalue weighted by atomic mass is 9.96. The topological polar surface area (TPSA) is 53.4 Å². The molecule has 0 aliphatic carbocycles. The molecule has 0 atom stereocenters. The third-order valence-corrected chi connectivity index (χ3v) is 4.08. The van der Waals surface area contributed by atoms with E-state index in [0.29, 0.717) is 28.0 Å². The van der Waals surface area contributed by atoms with Crippen molar-refractivity contribution >= 4 is 28.5 Å². The Morgan fingerprint density at radius 1 is 1.50 bits per heavy atom. The Kier molecular flexibility index (Phi) is 3.36. The number of benzene rings is 1. The molecule has 2 heterocycles. The van der Waals surface area contributed by atoms with Gasteiger partial charge in [0, 0.05) is 41.2 Å². The van der Waals surface area contributed by atoms with E-state index in [-0.39, 0.29) is 0 Å². The highest BCUT2D eigenvalue weighted by molar-refractivity contribution is 6.31. The normalized spacial score (nSPS) is 15.3. The number of rotatable bonds is 2. The number of hydrogen-bond acceptors (Lipinski definition) is 3. The maximum atomic E-state index is 11.7. The van der Waals surface area contributed by atoms with Crippen molar-refractivity contribution in [3.8, 4) is 0 Å². The van der Waals surface area contributed by atoms with Crippen LogP contribution in [-0.2, 0) is 13.0 Å². The zero-order valence-electron chi connectivity index (χ0n) is 11.2. The first-order chi connectivity index (χ1) is 9.60. The fraction of sp³-hybridized carbons (Fsp3) is 0.333. The van der Waals surface area contributed by atoms with Gasteiger partial charge in [-0.3, -0.25) is 9.88 Å². The first-order valence-electron chi connectivity index (χ1n) is 6.66. The van der Waals surface area contributed by atoms with Crippen LogP contribution in [0.5, 0.6) is 0 Å². The van der Waals surface area contributed by atoms with E-state index >= 15 is 0 Å². The summed E-state index contributed by atoms with van der Waals surface area (Å²) in [7, 11) is 0. The highest BCUT2D eigenvalue weighted by Gasteiger charge is 2.25. The molecule has 0 unspecified atom stereocenters. The van der Waals surface area contributed by atoms with Gasteiger partial charge in [-0.15, -0.1) is 0 Å². The van der Waals surface area contributed by atoms with Crippen LogP contribution in [0.15, 0.2) is 18.2 Å². The SMILES string of the molecule is CCN1CCc2nc3ccc(Cl)cc3c(C(=O)O)c2C1. The predicted molar refractivity (Wildman–Crippen MR) is 78.4 cm³/mol. The molecule has 5 heteroatoms. The van der Waals surface area contributed by atoms with Crippen LogP contribution in [0.25, 0.3) is 10.9 Å². The van der Waals surface area contributed by atoms with Crippen molar-refractivity contribution < 1.29 is 9.90 Å². The summed E-state index contributed by atoms with van der Waals surface area (Å²) in [6.45, 7) is 4.56. The molecule has 20 heavy (non-hydrogen) atoms. The first kappa shape index (κ1) is 13.3. The fourth-order valence-corrected chi connectivity index (χ4v) is 2.96. The molecule has 1 aliphatic rings. The number of carbonyl (C=O) groups is 1. The monoisotopic (exact) mass is 290 g/mol. The van der Waals surface area contributed by atoms with Gasteiger partial charge in [0.2, 0.25) is 0 Å². The molecule has 0 amide bonds. The summed E-state index contributed by atoms with van der Waals surface area (Å²) < 4.78 is 0. The number of carboxylic acids is 1. The van der Waals surface area contributed by atoms with Crippen molar-refractivity contribution in [2.24, 2.45) is 0 Å². The second-order valence-corrected chi connectivity index (χ2v) is 5.43. The van der Waals surface area contributed by atoms with Crippen molar-refractivity contribution in [1.29, 1.82) is 0 Å². The van der Waals surface area contributed by atoms with E-state index in [1.54, 1.807) is 18.2 Å². The molecule has 104 valence electrons. The van der Waals surface area contributed by atoms with Gasteiger partial charge in [-0.25, -0.2) is 4.79 Å². The van der Waals surface area contributed by atoms with E-state index in [9.17, 15) is 9.90 Å². The number of halogens is 1. The Morgan fingerprint density at radius 2 is 2.30 bits per heavy atom. The number of nitrogens with zero attached hydrogens (tertiary/aromatic N) is 2. The number of aromatic carboxylic acids is 1. The standard InChI is InChI=1S/C15H15ClN2O2/c1-2-18-6-5-13-11(8-18)14(15(19)20)10-7-9(16)3-4-12(10)17-13/h3-4,7H,2,5-6,8H2,1H3,(H,19,20). The number of carboxylic acid groups (broad SMARTS) is 1. The average Bonchev–Trinajstić information content (AvgIpc) is 2.43. The molecule has 1 aliphatic heterocycles. The largest absolute Gasteiger partial charge is 0.478 e. The van der Waals surface area contributed by atoms with Crippen LogP contribution in [0.4, 0.5) is 0 Å². The van der Waals surface area contributed by atoms with Gasteiger partial charge >= 0.3 is 5.97 Å². The van der Waals surface area contributed by atoms with Crippen LogP contribution in [0.2, 0.25) is 5.02 Å². The number of fused-ring (bicyclic) bond motifs is 2. The van der Waals surface area contributed by atoms with Gasteiger partial charge in [0.15, 0.2) is 0 Å². The minimum Gasteiger partial charge on any atom is -0.478 e. The van der Waals surface area contributed by atoms with E-state index in [1.807, 2.05) is 0 Å². The predicted octanol–water partition coefficient (Wildman–Crippen LogP) is 2.96. The van der Waals surface area contributed by atoms with Crippen LogP contribution in [0.3, 0.4) is 0 Å². The van der Waals surface area contributed by atoms with Crippen molar-refractivity contribution in [3.63, 3.8) is 0 Å². The van der Waals surface area contributed by atoms with E-state index in [1.165, 1.54) is 0 Å². The summed E-state index contributed by atoms with van der Waals surface area (Å²) >= 11 is 6.00. The number of aromatic nitrogens is 1. The molecule has 1 N–H and O–H groups in total. The first-order valence-corrected chi connectivity index (χ1v) is 7.04. The Bertz CT molecular complexity index is 700. The van der Waals surface area contributed by atoms with E-state index in [0.717, 1.165) is 30.8 Å². The molecule has 3 rings (SSSR count). The lowest BCUT2D eigenvalue weighted by molar-refractivity contribution is 0.0695. The smallest absolute Gasteiger partial charge is 0.336 e. The van der Waals surface area contributed by atoms with Gasteiger partial charge in [0.25, 0.3) is 0 Å². The second kappa shape index (κ2) is 5.04. The molecule has 0 bridgehead atoms. The molecule has 0 saturated carbocycles. The van der Waals surface area contributed by atoms with E-state index < -0.39 is 5.97 Å². The minimum atomic E-state index is -0.908. The summed E-state index contributed by atoms with van der Waals surface area (Å²) in [6.07, 6.45) is 0.794. The van der Waals surface area contributed by atoms with Crippen molar-refractivity contribution in [2.75, 3.05) is 13.1 Å². The maximum Gasteiger partial charge on any atom is 0.336 e. The van der Waals surface area contributed by atoms with Crippen molar-refractivity contribution in [2.45, 2.75) is 19.9 Å². The molecule has 1 aromatic carbocycles. The number of hydrogen-bond donors (Lipinski definition) is 1. The van der Waals surface area contributed by atoms with Gasteiger partial charge in [0.1, 0.15) is 0 Å². The molecule has 0 radical (unpaired) electrons. The van der Waals surface area contributed by atoms with Gasteiger partial charge in [-0.1, -0.05) is 18.5 Å². The summed E-state index contributed by atoms with van der Waals surface area (Å²) in [6, 6.07) is 5.23. The quantitative estimate of drug-likeness (QED) is 0.924. The van der Waals surface area contributed by atoms with Gasteiger partial charge in [-0.2, -0.15) is 0 Å². The second-order valence-electron chi connectivity index (χ2n) is 5.00. The van der Waals surface area contributed by atoms with Crippen LogP contribution in [0, 0.1) is 0 Å². The molecule has 0 spiro atoms. The highest BCUT2D eigenvalue weighted by atomic mass is 35.5. The maximum absolute atomic E-state index is 11.7. The Morgan fingerprint density at radius 3 is 3.00 bits per heavy atom. The minimum absolute atomic E-state index is 0.352. The fourth-order valence-electron chi connectivity index (χ4n) is 2.78. The molecular formula is C15H15ClN2O2. The summed E-state index contributed by atoms with van der Waals surface area (Å²) in [5.41, 5.74) is 2.79. The lowest BCUT2D eigenvalue weighted by Gasteiger charge is -2.28. The molecule has 0 fully saturated rings. The molecular weight excluding hydrogens is 276 g/mol. The zero-order valence-corrected chi connectivity index (χ0v) is 11.9. The van der Waals surface area contributed by atoms with Crippen molar-refractivity contribution in [3.05, 3.63) is 40.0 Å². The Labute approximate surface area is 122 Å². The molecule has 0 saturated heterocycles. The zero-order chi connectivity index (χ0) is 14.3.